The molecule has 0 saturated carbocycles. The minimum atomic E-state index is -0.766. The summed E-state index contributed by atoms with van der Waals surface area (Å²) in [5, 5.41) is 0. The molecular weight excluding hydrogens is 314 g/mol. The summed E-state index contributed by atoms with van der Waals surface area (Å²) in [6.45, 7) is 5.22. The molecule has 1 aromatic carbocycles. The average molecular weight is 333 g/mol. The molecule has 0 radical (unpaired) electrons. The Labute approximate surface area is 121 Å². The highest BCUT2D eigenvalue weighted by molar-refractivity contribution is 9.10. The number of piperazine rings is 1. The van der Waals surface area contributed by atoms with Crippen LogP contribution < -0.4 is 0 Å². The summed E-state index contributed by atoms with van der Waals surface area (Å²) in [4.78, 5) is 4.68. The number of nitrogens with zero attached hydrogens (tertiary/aromatic N) is 2. The molecular formula is C14H19BrF2N2. The molecule has 1 aliphatic heterocycles. The third kappa shape index (κ3) is 3.97. The van der Waals surface area contributed by atoms with E-state index in [0.29, 0.717) is 16.5 Å². The van der Waals surface area contributed by atoms with Crippen LogP contribution in [0.4, 0.5) is 8.78 Å². The predicted molar refractivity (Wildman–Crippen MR) is 76.3 cm³/mol. The molecule has 0 unspecified atom stereocenters. The van der Waals surface area contributed by atoms with Crippen LogP contribution in [0, 0.1) is 11.6 Å². The first-order chi connectivity index (χ1) is 9.08. The van der Waals surface area contributed by atoms with E-state index in [1.807, 2.05) is 0 Å². The van der Waals surface area contributed by atoms with Crippen LogP contribution in [0.15, 0.2) is 16.6 Å². The van der Waals surface area contributed by atoms with Gasteiger partial charge in [0.05, 0.1) is 0 Å². The zero-order chi connectivity index (χ0) is 13.8. The van der Waals surface area contributed by atoms with Crippen molar-refractivity contribution in [2.45, 2.75) is 12.8 Å². The SMILES string of the molecule is CN1CCN(CCCc2c(Br)ccc(F)c2F)CC1. The fourth-order valence-corrected chi connectivity index (χ4v) is 2.85. The monoisotopic (exact) mass is 332 g/mol. The molecule has 0 bridgehead atoms. The summed E-state index contributed by atoms with van der Waals surface area (Å²) in [5.41, 5.74) is 0.453. The molecule has 0 N–H and O–H groups in total. The summed E-state index contributed by atoms with van der Waals surface area (Å²) >= 11 is 3.29. The van der Waals surface area contributed by atoms with Crippen molar-refractivity contribution >= 4 is 15.9 Å². The second kappa shape index (κ2) is 6.77. The van der Waals surface area contributed by atoms with E-state index in [2.05, 4.69) is 32.8 Å². The fraction of sp³-hybridized carbons (Fsp3) is 0.571. The lowest BCUT2D eigenvalue weighted by Gasteiger charge is -2.32. The topological polar surface area (TPSA) is 6.48 Å². The largest absolute Gasteiger partial charge is 0.304 e. The third-order valence-electron chi connectivity index (χ3n) is 3.64. The lowest BCUT2D eigenvalue weighted by molar-refractivity contribution is 0.153. The van der Waals surface area contributed by atoms with Crippen molar-refractivity contribution in [3.05, 3.63) is 33.8 Å². The fourth-order valence-electron chi connectivity index (χ4n) is 2.35. The van der Waals surface area contributed by atoms with E-state index in [9.17, 15) is 8.78 Å². The van der Waals surface area contributed by atoms with E-state index >= 15 is 0 Å². The Morgan fingerprint density at radius 3 is 2.53 bits per heavy atom. The summed E-state index contributed by atoms with van der Waals surface area (Å²) in [6, 6.07) is 2.73. The van der Waals surface area contributed by atoms with Crippen molar-refractivity contribution in [3.63, 3.8) is 0 Å². The van der Waals surface area contributed by atoms with Gasteiger partial charge in [-0.3, -0.25) is 0 Å². The first-order valence-corrected chi connectivity index (χ1v) is 7.40. The van der Waals surface area contributed by atoms with E-state index in [1.165, 1.54) is 0 Å². The Morgan fingerprint density at radius 1 is 1.16 bits per heavy atom. The summed E-state index contributed by atoms with van der Waals surface area (Å²) in [6.07, 6.45) is 1.42. The Bertz CT molecular complexity index is 432. The molecule has 0 atom stereocenters. The smallest absolute Gasteiger partial charge is 0.163 e. The number of hydrogen-bond acceptors (Lipinski definition) is 2. The molecule has 0 amide bonds. The highest BCUT2D eigenvalue weighted by Gasteiger charge is 2.15. The van der Waals surface area contributed by atoms with E-state index in [-0.39, 0.29) is 0 Å². The van der Waals surface area contributed by atoms with E-state index in [4.69, 9.17) is 0 Å². The molecule has 1 aliphatic rings. The third-order valence-corrected chi connectivity index (χ3v) is 4.38. The van der Waals surface area contributed by atoms with Crippen molar-refractivity contribution in [1.82, 2.24) is 9.80 Å². The zero-order valence-electron chi connectivity index (χ0n) is 11.1. The minimum absolute atomic E-state index is 0.453. The first-order valence-electron chi connectivity index (χ1n) is 6.61. The van der Waals surface area contributed by atoms with Gasteiger partial charge in [-0.2, -0.15) is 0 Å². The number of rotatable bonds is 4. The van der Waals surface area contributed by atoms with Crippen LogP contribution in [-0.2, 0) is 6.42 Å². The Kier molecular flexibility index (Phi) is 5.30. The molecule has 19 heavy (non-hydrogen) atoms. The highest BCUT2D eigenvalue weighted by atomic mass is 79.9. The molecule has 1 aromatic rings. The minimum Gasteiger partial charge on any atom is -0.304 e. The second-order valence-electron chi connectivity index (χ2n) is 5.07. The van der Waals surface area contributed by atoms with Gasteiger partial charge in [-0.25, -0.2) is 8.78 Å². The number of likely N-dealkylation sites (N-methyl/N-ethyl adjacent to an activating group) is 1. The van der Waals surface area contributed by atoms with Gasteiger partial charge in [0.2, 0.25) is 0 Å². The van der Waals surface area contributed by atoms with Crippen LogP contribution in [0.25, 0.3) is 0 Å². The van der Waals surface area contributed by atoms with Crippen molar-refractivity contribution in [1.29, 1.82) is 0 Å². The highest BCUT2D eigenvalue weighted by Crippen LogP contribution is 2.23. The second-order valence-corrected chi connectivity index (χ2v) is 5.92. The van der Waals surface area contributed by atoms with E-state index < -0.39 is 11.6 Å². The van der Waals surface area contributed by atoms with Crippen LogP contribution in [0.1, 0.15) is 12.0 Å². The van der Waals surface area contributed by atoms with Crippen LogP contribution in [-0.4, -0.2) is 49.6 Å². The number of benzene rings is 1. The van der Waals surface area contributed by atoms with Crippen molar-refractivity contribution in [2.75, 3.05) is 39.8 Å². The molecule has 1 saturated heterocycles. The van der Waals surface area contributed by atoms with Gasteiger partial charge in [0.15, 0.2) is 11.6 Å². The van der Waals surface area contributed by atoms with Crippen LogP contribution in [0.5, 0.6) is 0 Å². The predicted octanol–water partition coefficient (Wildman–Crippen LogP) is 2.91. The van der Waals surface area contributed by atoms with E-state index in [1.54, 1.807) is 6.07 Å². The molecule has 2 rings (SSSR count). The van der Waals surface area contributed by atoms with Gasteiger partial charge in [0.1, 0.15) is 0 Å². The molecule has 0 aliphatic carbocycles. The number of hydrogen-bond donors (Lipinski definition) is 0. The molecule has 1 fully saturated rings. The molecule has 106 valence electrons. The molecule has 1 heterocycles. The van der Waals surface area contributed by atoms with Crippen molar-refractivity contribution in [2.24, 2.45) is 0 Å². The summed E-state index contributed by atoms with van der Waals surface area (Å²) in [7, 11) is 2.12. The molecule has 0 aromatic heterocycles. The first kappa shape index (κ1) is 14.9. The Morgan fingerprint density at radius 2 is 1.84 bits per heavy atom. The molecule has 0 spiro atoms. The lowest BCUT2D eigenvalue weighted by atomic mass is 10.1. The maximum atomic E-state index is 13.7. The van der Waals surface area contributed by atoms with Gasteiger partial charge in [-0.05, 0) is 38.6 Å². The quantitative estimate of drug-likeness (QED) is 0.782. The van der Waals surface area contributed by atoms with E-state index in [0.717, 1.165) is 45.2 Å². The standard InChI is InChI=1S/C14H19BrF2N2/c1-18-7-9-19(10-8-18)6-2-3-11-12(15)4-5-13(16)14(11)17/h4-5H,2-3,6-10H2,1H3. The number of halogens is 3. The Hall–Kier alpha value is -0.520. The maximum absolute atomic E-state index is 13.7. The van der Waals surface area contributed by atoms with Crippen LogP contribution in [0.2, 0.25) is 0 Å². The summed E-state index contributed by atoms with van der Waals surface area (Å²) in [5.74, 6) is -1.48. The van der Waals surface area contributed by atoms with Gasteiger partial charge in [-0.15, -0.1) is 0 Å². The van der Waals surface area contributed by atoms with Gasteiger partial charge in [-0.1, -0.05) is 15.9 Å². The van der Waals surface area contributed by atoms with Gasteiger partial charge in [0, 0.05) is 36.2 Å². The lowest BCUT2D eigenvalue weighted by Crippen LogP contribution is -2.44. The van der Waals surface area contributed by atoms with Crippen LogP contribution >= 0.6 is 15.9 Å². The normalized spacial score (nSPS) is 17.9. The van der Waals surface area contributed by atoms with Gasteiger partial charge in [0.25, 0.3) is 0 Å². The molecule has 2 nitrogen and oxygen atoms in total. The van der Waals surface area contributed by atoms with Crippen LogP contribution in [0.3, 0.4) is 0 Å². The van der Waals surface area contributed by atoms with Gasteiger partial charge < -0.3 is 9.80 Å². The average Bonchev–Trinajstić information content (AvgIpc) is 2.40. The maximum Gasteiger partial charge on any atom is 0.163 e. The summed E-state index contributed by atoms with van der Waals surface area (Å²) < 4.78 is 27.5. The van der Waals surface area contributed by atoms with Gasteiger partial charge >= 0.3 is 0 Å². The molecule has 5 heteroatoms. The van der Waals surface area contributed by atoms with Crippen molar-refractivity contribution < 1.29 is 8.78 Å². The van der Waals surface area contributed by atoms with Crippen molar-refractivity contribution in [3.8, 4) is 0 Å². The zero-order valence-corrected chi connectivity index (χ0v) is 12.7. The Balaban J connectivity index is 1.84.